The summed E-state index contributed by atoms with van der Waals surface area (Å²) < 4.78 is 0. The molecule has 1 rings (SSSR count). The van der Waals surface area contributed by atoms with Gasteiger partial charge in [0.1, 0.15) is 0 Å². The number of nitrogen functional groups attached to an aromatic ring is 1. The van der Waals surface area contributed by atoms with E-state index in [0.29, 0.717) is 22.8 Å². The zero-order valence-electron chi connectivity index (χ0n) is 12.3. The molecule has 3 N–H and O–H groups in total. The zero-order valence-corrected chi connectivity index (χ0v) is 13.0. The van der Waals surface area contributed by atoms with Gasteiger partial charge in [-0.1, -0.05) is 57.0 Å². The first-order valence-electron chi connectivity index (χ1n) is 7.48. The smallest absolute Gasteiger partial charge is 0.224 e. The zero-order chi connectivity index (χ0) is 14.8. The normalized spacial score (nSPS) is 10.5. The molecule has 0 aliphatic heterocycles. The summed E-state index contributed by atoms with van der Waals surface area (Å²) in [6, 6.07) is 5.09. The van der Waals surface area contributed by atoms with Crippen LogP contribution in [-0.4, -0.2) is 5.91 Å². The van der Waals surface area contributed by atoms with Crippen LogP contribution in [0.2, 0.25) is 5.02 Å². The van der Waals surface area contributed by atoms with Gasteiger partial charge in [0, 0.05) is 11.4 Å². The summed E-state index contributed by atoms with van der Waals surface area (Å²) in [7, 11) is 0. The largest absolute Gasteiger partial charge is 0.397 e. The molecule has 112 valence electrons. The quantitative estimate of drug-likeness (QED) is 0.497. The van der Waals surface area contributed by atoms with Gasteiger partial charge in [0.05, 0.1) is 11.4 Å². The third kappa shape index (κ3) is 6.80. The number of anilines is 2. The second-order valence-electron chi connectivity index (χ2n) is 5.15. The van der Waals surface area contributed by atoms with Crippen molar-refractivity contribution in [3.05, 3.63) is 23.2 Å². The molecule has 1 amide bonds. The van der Waals surface area contributed by atoms with Crippen molar-refractivity contribution in [2.24, 2.45) is 0 Å². The number of amides is 1. The van der Waals surface area contributed by atoms with Crippen LogP contribution in [0.3, 0.4) is 0 Å². The van der Waals surface area contributed by atoms with E-state index in [1.807, 2.05) is 0 Å². The van der Waals surface area contributed by atoms with Crippen LogP contribution < -0.4 is 11.1 Å². The monoisotopic (exact) mass is 296 g/mol. The molecular formula is C16H25ClN2O. The minimum Gasteiger partial charge on any atom is -0.397 e. The number of carbonyl (C=O) groups excluding carboxylic acids is 1. The predicted molar refractivity (Wildman–Crippen MR) is 87.1 cm³/mol. The lowest BCUT2D eigenvalue weighted by Gasteiger charge is -2.08. The van der Waals surface area contributed by atoms with Crippen molar-refractivity contribution >= 4 is 28.9 Å². The molecule has 0 radical (unpaired) electrons. The highest BCUT2D eigenvalue weighted by Crippen LogP contribution is 2.23. The van der Waals surface area contributed by atoms with E-state index in [4.69, 9.17) is 17.3 Å². The van der Waals surface area contributed by atoms with Gasteiger partial charge < -0.3 is 11.1 Å². The van der Waals surface area contributed by atoms with Crippen molar-refractivity contribution in [3.8, 4) is 0 Å². The Balaban J connectivity index is 2.19. The summed E-state index contributed by atoms with van der Waals surface area (Å²) in [6.45, 7) is 2.21. The van der Waals surface area contributed by atoms with E-state index in [-0.39, 0.29) is 5.91 Å². The third-order valence-corrected chi connectivity index (χ3v) is 3.53. The summed E-state index contributed by atoms with van der Waals surface area (Å²) in [5.41, 5.74) is 6.93. The van der Waals surface area contributed by atoms with E-state index in [9.17, 15) is 4.79 Å². The van der Waals surface area contributed by atoms with Gasteiger partial charge in [0.25, 0.3) is 0 Å². The SMILES string of the molecule is CCCCCCCCCC(=O)Nc1cc(Cl)ccc1N. The third-order valence-electron chi connectivity index (χ3n) is 3.30. The minimum atomic E-state index is 0.00697. The van der Waals surface area contributed by atoms with Crippen LogP contribution in [-0.2, 0) is 4.79 Å². The van der Waals surface area contributed by atoms with E-state index in [1.54, 1.807) is 18.2 Å². The van der Waals surface area contributed by atoms with Crippen LogP contribution in [0.25, 0.3) is 0 Å². The summed E-state index contributed by atoms with van der Waals surface area (Å²) in [4.78, 5) is 11.8. The maximum atomic E-state index is 11.8. The minimum absolute atomic E-state index is 0.00697. The molecule has 0 aliphatic carbocycles. The molecule has 0 spiro atoms. The number of rotatable bonds is 9. The molecule has 1 aromatic carbocycles. The molecule has 0 heterocycles. The molecular weight excluding hydrogens is 272 g/mol. The first kappa shape index (κ1) is 16.8. The highest BCUT2D eigenvalue weighted by atomic mass is 35.5. The van der Waals surface area contributed by atoms with Gasteiger partial charge >= 0.3 is 0 Å². The van der Waals surface area contributed by atoms with E-state index in [1.165, 1.54) is 32.1 Å². The molecule has 4 heteroatoms. The molecule has 0 aromatic heterocycles. The lowest BCUT2D eigenvalue weighted by atomic mass is 10.1. The standard InChI is InChI=1S/C16H25ClN2O/c1-2-3-4-5-6-7-8-9-16(20)19-15-12-13(17)10-11-14(15)18/h10-12H,2-9,18H2,1H3,(H,19,20). The molecule has 0 fully saturated rings. The lowest BCUT2D eigenvalue weighted by Crippen LogP contribution is -2.12. The van der Waals surface area contributed by atoms with Crippen LogP contribution in [0.5, 0.6) is 0 Å². The molecule has 3 nitrogen and oxygen atoms in total. The number of hydrogen-bond acceptors (Lipinski definition) is 2. The lowest BCUT2D eigenvalue weighted by molar-refractivity contribution is -0.116. The number of benzene rings is 1. The Kier molecular flexibility index (Phi) is 8.12. The van der Waals surface area contributed by atoms with Gasteiger partial charge in [-0.15, -0.1) is 0 Å². The van der Waals surface area contributed by atoms with Crippen LogP contribution in [0.1, 0.15) is 58.3 Å². The number of nitrogens with two attached hydrogens (primary N) is 1. The van der Waals surface area contributed by atoms with Crippen molar-refractivity contribution in [1.82, 2.24) is 0 Å². The second kappa shape index (κ2) is 9.65. The first-order chi connectivity index (χ1) is 9.63. The van der Waals surface area contributed by atoms with Crippen LogP contribution >= 0.6 is 11.6 Å². The summed E-state index contributed by atoms with van der Waals surface area (Å²) in [6.07, 6.45) is 8.96. The Bertz CT molecular complexity index is 421. The number of unbranched alkanes of at least 4 members (excludes halogenated alkanes) is 6. The fourth-order valence-electron chi connectivity index (χ4n) is 2.09. The van der Waals surface area contributed by atoms with Gasteiger partial charge in [-0.25, -0.2) is 0 Å². The van der Waals surface area contributed by atoms with E-state index >= 15 is 0 Å². The average Bonchev–Trinajstić information content (AvgIpc) is 2.42. The Morgan fingerprint density at radius 3 is 2.50 bits per heavy atom. The number of halogens is 1. The molecule has 20 heavy (non-hydrogen) atoms. The Morgan fingerprint density at radius 2 is 1.80 bits per heavy atom. The molecule has 0 unspecified atom stereocenters. The number of hydrogen-bond donors (Lipinski definition) is 2. The van der Waals surface area contributed by atoms with Crippen molar-refractivity contribution in [3.63, 3.8) is 0 Å². The van der Waals surface area contributed by atoms with Crippen LogP contribution in [0.15, 0.2) is 18.2 Å². The van der Waals surface area contributed by atoms with Crippen molar-refractivity contribution in [2.75, 3.05) is 11.1 Å². The Labute approximate surface area is 126 Å². The Morgan fingerprint density at radius 1 is 1.15 bits per heavy atom. The number of carbonyl (C=O) groups is 1. The van der Waals surface area contributed by atoms with Crippen LogP contribution in [0.4, 0.5) is 11.4 Å². The molecule has 0 saturated heterocycles. The van der Waals surface area contributed by atoms with E-state index < -0.39 is 0 Å². The maximum absolute atomic E-state index is 11.8. The maximum Gasteiger partial charge on any atom is 0.224 e. The summed E-state index contributed by atoms with van der Waals surface area (Å²) >= 11 is 5.88. The highest BCUT2D eigenvalue weighted by Gasteiger charge is 2.05. The predicted octanol–water partition coefficient (Wildman–Crippen LogP) is 5.00. The average molecular weight is 297 g/mol. The summed E-state index contributed by atoms with van der Waals surface area (Å²) in [5, 5.41) is 3.39. The fraction of sp³-hybridized carbons (Fsp3) is 0.562. The Hall–Kier alpha value is -1.22. The fourth-order valence-corrected chi connectivity index (χ4v) is 2.26. The van der Waals surface area contributed by atoms with Crippen molar-refractivity contribution in [2.45, 2.75) is 58.3 Å². The topological polar surface area (TPSA) is 55.1 Å². The molecule has 0 bridgehead atoms. The second-order valence-corrected chi connectivity index (χ2v) is 5.59. The van der Waals surface area contributed by atoms with Gasteiger partial charge in [-0.2, -0.15) is 0 Å². The van der Waals surface area contributed by atoms with Gasteiger partial charge in [0.15, 0.2) is 0 Å². The molecule has 1 aromatic rings. The molecule has 0 saturated carbocycles. The first-order valence-corrected chi connectivity index (χ1v) is 7.86. The highest BCUT2D eigenvalue weighted by molar-refractivity contribution is 6.31. The van der Waals surface area contributed by atoms with Gasteiger partial charge in [-0.3, -0.25) is 4.79 Å². The van der Waals surface area contributed by atoms with E-state index in [0.717, 1.165) is 12.8 Å². The number of nitrogens with one attached hydrogen (secondary N) is 1. The van der Waals surface area contributed by atoms with Gasteiger partial charge in [0.2, 0.25) is 5.91 Å². The van der Waals surface area contributed by atoms with Crippen molar-refractivity contribution < 1.29 is 4.79 Å². The van der Waals surface area contributed by atoms with E-state index in [2.05, 4.69) is 12.2 Å². The van der Waals surface area contributed by atoms with Crippen LogP contribution in [0, 0.1) is 0 Å². The molecule has 0 atom stereocenters. The molecule has 0 aliphatic rings. The van der Waals surface area contributed by atoms with Crippen molar-refractivity contribution in [1.29, 1.82) is 0 Å². The van der Waals surface area contributed by atoms with Gasteiger partial charge in [-0.05, 0) is 24.6 Å². The summed E-state index contributed by atoms with van der Waals surface area (Å²) in [5.74, 6) is 0.00697.